The molecule has 2 N–H and O–H groups in total. The van der Waals surface area contributed by atoms with Gasteiger partial charge in [0, 0.05) is 0 Å². The summed E-state index contributed by atoms with van der Waals surface area (Å²) in [7, 11) is 0. The zero-order chi connectivity index (χ0) is 11.3. The Morgan fingerprint density at radius 3 is 2.93 bits per heavy atom. The smallest absolute Gasteiger partial charge is 0.319 e. The van der Waals surface area contributed by atoms with Crippen molar-refractivity contribution in [3.05, 3.63) is 0 Å². The molecular weight excluding hydrogens is 234 g/mol. The van der Waals surface area contributed by atoms with Crippen LogP contribution in [0.5, 0.6) is 0 Å². The number of ether oxygens (including phenoxy) is 1. The molecule has 0 fully saturated rings. The lowest BCUT2D eigenvalue weighted by atomic mass is 10.5. The van der Waals surface area contributed by atoms with Crippen LogP contribution in [0.3, 0.4) is 0 Å². The summed E-state index contributed by atoms with van der Waals surface area (Å²) in [6.07, 6.45) is 0.828. The highest BCUT2D eigenvalue weighted by Gasteiger charge is 2.17. The Morgan fingerprint density at radius 1 is 1.67 bits per heavy atom. The SMILES string of the molecule is CCCOC(=O)C(C)Sc1nnc(N)s1. The van der Waals surface area contributed by atoms with Gasteiger partial charge in [-0.15, -0.1) is 10.2 Å². The molecule has 1 rings (SSSR count). The van der Waals surface area contributed by atoms with Crippen molar-refractivity contribution in [3.8, 4) is 0 Å². The first kappa shape index (κ1) is 12.3. The second-order valence-corrected chi connectivity index (χ2v) is 5.43. The third-order valence-corrected chi connectivity index (χ3v) is 3.40. The molecule has 0 aliphatic carbocycles. The van der Waals surface area contributed by atoms with E-state index in [0.717, 1.165) is 6.42 Å². The zero-order valence-corrected chi connectivity index (χ0v) is 10.2. The average molecular weight is 247 g/mol. The van der Waals surface area contributed by atoms with Crippen molar-refractivity contribution in [1.82, 2.24) is 10.2 Å². The number of carbonyl (C=O) groups excluding carboxylic acids is 1. The maximum Gasteiger partial charge on any atom is 0.319 e. The van der Waals surface area contributed by atoms with E-state index in [1.807, 2.05) is 6.92 Å². The van der Waals surface area contributed by atoms with Crippen LogP contribution in [0.15, 0.2) is 4.34 Å². The van der Waals surface area contributed by atoms with Crippen LogP contribution < -0.4 is 5.73 Å². The highest BCUT2D eigenvalue weighted by atomic mass is 32.2. The van der Waals surface area contributed by atoms with E-state index < -0.39 is 0 Å². The molecule has 7 heteroatoms. The van der Waals surface area contributed by atoms with E-state index in [9.17, 15) is 4.79 Å². The number of nitrogens with two attached hydrogens (primary N) is 1. The molecule has 5 nitrogen and oxygen atoms in total. The maximum absolute atomic E-state index is 11.4. The van der Waals surface area contributed by atoms with Crippen LogP contribution in [-0.2, 0) is 9.53 Å². The summed E-state index contributed by atoms with van der Waals surface area (Å²) >= 11 is 2.58. The van der Waals surface area contributed by atoms with Crippen LogP contribution in [0.25, 0.3) is 0 Å². The van der Waals surface area contributed by atoms with E-state index in [1.165, 1.54) is 23.1 Å². The summed E-state index contributed by atoms with van der Waals surface area (Å²) < 4.78 is 5.69. The third-order valence-electron chi connectivity index (χ3n) is 1.48. The first-order valence-corrected chi connectivity index (χ1v) is 6.25. The molecule has 0 saturated heterocycles. The molecule has 84 valence electrons. The van der Waals surface area contributed by atoms with Gasteiger partial charge in [-0.25, -0.2) is 0 Å². The number of anilines is 1. The van der Waals surface area contributed by atoms with Gasteiger partial charge in [-0.2, -0.15) is 0 Å². The van der Waals surface area contributed by atoms with E-state index >= 15 is 0 Å². The number of carbonyl (C=O) groups is 1. The number of hydrogen-bond donors (Lipinski definition) is 1. The van der Waals surface area contributed by atoms with Gasteiger partial charge in [-0.05, 0) is 13.3 Å². The van der Waals surface area contributed by atoms with Crippen molar-refractivity contribution in [3.63, 3.8) is 0 Å². The first-order valence-electron chi connectivity index (χ1n) is 4.55. The lowest BCUT2D eigenvalue weighted by molar-refractivity contribution is -0.142. The minimum Gasteiger partial charge on any atom is -0.465 e. The molecule has 1 unspecified atom stereocenters. The van der Waals surface area contributed by atoms with Gasteiger partial charge in [0.15, 0.2) is 4.34 Å². The van der Waals surface area contributed by atoms with Crippen molar-refractivity contribution in [1.29, 1.82) is 0 Å². The molecule has 0 spiro atoms. The monoisotopic (exact) mass is 247 g/mol. The summed E-state index contributed by atoms with van der Waals surface area (Å²) in [4.78, 5) is 11.4. The molecule has 0 aliphatic rings. The van der Waals surface area contributed by atoms with E-state index in [1.54, 1.807) is 6.92 Å². The second-order valence-electron chi connectivity index (χ2n) is 2.83. The number of aromatic nitrogens is 2. The number of nitrogen functional groups attached to an aromatic ring is 1. The summed E-state index contributed by atoms with van der Waals surface area (Å²) in [6.45, 7) is 4.19. The fourth-order valence-electron chi connectivity index (χ4n) is 0.787. The van der Waals surface area contributed by atoms with E-state index in [0.29, 0.717) is 16.1 Å². The third kappa shape index (κ3) is 4.05. The van der Waals surface area contributed by atoms with Crippen LogP contribution in [0.2, 0.25) is 0 Å². The number of nitrogens with zero attached hydrogens (tertiary/aromatic N) is 2. The van der Waals surface area contributed by atoms with Gasteiger partial charge in [-0.1, -0.05) is 30.0 Å². The molecule has 0 bridgehead atoms. The predicted molar refractivity (Wildman–Crippen MR) is 60.9 cm³/mol. The highest BCUT2D eigenvalue weighted by molar-refractivity contribution is 8.02. The molecule has 0 aromatic carbocycles. The highest BCUT2D eigenvalue weighted by Crippen LogP contribution is 2.27. The minimum atomic E-state index is -0.274. The predicted octanol–water partition coefficient (Wildman–Crippen LogP) is 1.55. The van der Waals surface area contributed by atoms with E-state index in [4.69, 9.17) is 10.5 Å². The van der Waals surface area contributed by atoms with Gasteiger partial charge in [0.2, 0.25) is 5.13 Å². The summed E-state index contributed by atoms with van der Waals surface area (Å²) in [5.41, 5.74) is 5.43. The Labute approximate surface area is 96.4 Å². The fraction of sp³-hybridized carbons (Fsp3) is 0.625. The van der Waals surface area contributed by atoms with E-state index in [-0.39, 0.29) is 11.2 Å². The standard InChI is InChI=1S/C8H13N3O2S2/c1-3-4-13-6(12)5(2)14-8-11-10-7(9)15-8/h5H,3-4H2,1-2H3,(H2,9,10). The molecule has 1 atom stereocenters. The van der Waals surface area contributed by atoms with Crippen LogP contribution in [0.4, 0.5) is 5.13 Å². The lowest BCUT2D eigenvalue weighted by Crippen LogP contribution is -2.17. The molecule has 1 heterocycles. The van der Waals surface area contributed by atoms with Crippen molar-refractivity contribution in [2.75, 3.05) is 12.3 Å². The first-order chi connectivity index (χ1) is 7.13. The maximum atomic E-state index is 11.4. The molecule has 1 aromatic heterocycles. The van der Waals surface area contributed by atoms with Crippen molar-refractivity contribution < 1.29 is 9.53 Å². The van der Waals surface area contributed by atoms with Crippen LogP contribution in [0, 0.1) is 0 Å². The fourth-order valence-corrected chi connectivity index (χ4v) is 2.57. The summed E-state index contributed by atoms with van der Waals surface area (Å²) in [5.74, 6) is -0.226. The average Bonchev–Trinajstić information content (AvgIpc) is 2.60. The number of thioether (sulfide) groups is 1. The number of hydrogen-bond acceptors (Lipinski definition) is 7. The molecule has 1 aromatic rings. The Bertz CT molecular complexity index is 329. The summed E-state index contributed by atoms with van der Waals surface area (Å²) in [5, 5.41) is 7.62. The van der Waals surface area contributed by atoms with Crippen LogP contribution >= 0.6 is 23.1 Å². The second kappa shape index (κ2) is 5.92. The van der Waals surface area contributed by atoms with Crippen LogP contribution in [-0.4, -0.2) is 28.0 Å². The Hall–Kier alpha value is -0.820. The normalized spacial score (nSPS) is 12.4. The molecule has 0 aliphatic heterocycles. The number of rotatable bonds is 5. The Kier molecular flexibility index (Phi) is 4.83. The minimum absolute atomic E-state index is 0.226. The molecule has 0 amide bonds. The molecule has 0 radical (unpaired) electrons. The molecule has 0 saturated carbocycles. The van der Waals surface area contributed by atoms with Crippen molar-refractivity contribution >= 4 is 34.2 Å². The van der Waals surface area contributed by atoms with Crippen LogP contribution in [0.1, 0.15) is 20.3 Å². The van der Waals surface area contributed by atoms with Gasteiger partial charge >= 0.3 is 5.97 Å². The quantitative estimate of drug-likeness (QED) is 0.628. The Morgan fingerprint density at radius 2 is 2.40 bits per heavy atom. The topological polar surface area (TPSA) is 78.1 Å². The van der Waals surface area contributed by atoms with Gasteiger partial charge < -0.3 is 10.5 Å². The van der Waals surface area contributed by atoms with Crippen molar-refractivity contribution in [2.45, 2.75) is 29.9 Å². The molecule has 15 heavy (non-hydrogen) atoms. The van der Waals surface area contributed by atoms with Gasteiger partial charge in [-0.3, -0.25) is 4.79 Å². The van der Waals surface area contributed by atoms with Crippen molar-refractivity contribution in [2.24, 2.45) is 0 Å². The lowest BCUT2D eigenvalue weighted by Gasteiger charge is -2.07. The summed E-state index contributed by atoms with van der Waals surface area (Å²) in [6, 6.07) is 0. The number of esters is 1. The van der Waals surface area contributed by atoms with Gasteiger partial charge in [0.05, 0.1) is 6.61 Å². The van der Waals surface area contributed by atoms with Gasteiger partial charge in [0.1, 0.15) is 5.25 Å². The Balaban J connectivity index is 2.41. The largest absolute Gasteiger partial charge is 0.465 e. The molecular formula is C8H13N3O2S2. The zero-order valence-electron chi connectivity index (χ0n) is 8.60. The van der Waals surface area contributed by atoms with Gasteiger partial charge in [0.25, 0.3) is 0 Å². The van der Waals surface area contributed by atoms with E-state index in [2.05, 4.69) is 10.2 Å².